The minimum atomic E-state index is 0.553. The Morgan fingerprint density at radius 2 is 1.65 bits per heavy atom. The summed E-state index contributed by atoms with van der Waals surface area (Å²) in [5.41, 5.74) is 1.16. The fourth-order valence-corrected chi connectivity index (χ4v) is 3.35. The number of halogens is 1. The van der Waals surface area contributed by atoms with Gasteiger partial charge in [-0.15, -0.1) is 0 Å². The van der Waals surface area contributed by atoms with Gasteiger partial charge >= 0.3 is 0 Å². The van der Waals surface area contributed by atoms with Gasteiger partial charge in [-0.3, -0.25) is 0 Å². The quantitative estimate of drug-likeness (QED) is 0.618. The smallest absolute Gasteiger partial charge is 0.162 e. The van der Waals surface area contributed by atoms with Crippen LogP contribution in [0.3, 0.4) is 0 Å². The molecule has 2 aromatic carbocycles. The van der Waals surface area contributed by atoms with Gasteiger partial charge in [-0.05, 0) is 42.5 Å². The summed E-state index contributed by atoms with van der Waals surface area (Å²) in [5, 5.41) is 0. The average Bonchev–Trinajstić information content (AvgIpc) is 2.61. The van der Waals surface area contributed by atoms with Crippen LogP contribution in [0.25, 0.3) is 0 Å². The molecule has 0 radical (unpaired) electrons. The van der Waals surface area contributed by atoms with Gasteiger partial charge in [-0.1, -0.05) is 65.5 Å². The molecule has 0 saturated heterocycles. The van der Waals surface area contributed by atoms with E-state index in [9.17, 15) is 0 Å². The highest BCUT2D eigenvalue weighted by molar-refractivity contribution is 9.10. The van der Waals surface area contributed by atoms with Crippen LogP contribution in [0.2, 0.25) is 0 Å². The zero-order valence-corrected chi connectivity index (χ0v) is 14.9. The maximum atomic E-state index is 6.07. The molecular weight excluding hydrogens is 352 g/mol. The van der Waals surface area contributed by atoms with Crippen LogP contribution in [0.1, 0.15) is 37.7 Å². The third kappa shape index (κ3) is 5.00. The summed E-state index contributed by atoms with van der Waals surface area (Å²) in [5.74, 6) is 2.34. The van der Waals surface area contributed by atoms with Crippen molar-refractivity contribution in [3.63, 3.8) is 0 Å². The van der Waals surface area contributed by atoms with Crippen molar-refractivity contribution in [2.75, 3.05) is 6.61 Å². The van der Waals surface area contributed by atoms with E-state index in [4.69, 9.17) is 9.47 Å². The Hall–Kier alpha value is -1.48. The fraction of sp³-hybridized carbons (Fsp3) is 0.400. The molecule has 0 aromatic heterocycles. The van der Waals surface area contributed by atoms with Crippen molar-refractivity contribution in [3.05, 3.63) is 58.6 Å². The maximum absolute atomic E-state index is 6.07. The molecule has 122 valence electrons. The zero-order chi connectivity index (χ0) is 15.9. The molecule has 2 nitrogen and oxygen atoms in total. The van der Waals surface area contributed by atoms with Gasteiger partial charge in [-0.25, -0.2) is 0 Å². The molecule has 0 aliphatic heterocycles. The topological polar surface area (TPSA) is 18.5 Å². The molecule has 1 fully saturated rings. The van der Waals surface area contributed by atoms with E-state index in [2.05, 4.69) is 28.1 Å². The predicted octanol–water partition coefficient (Wildman–Crippen LogP) is 5.99. The third-order valence-electron chi connectivity index (χ3n) is 4.34. The summed E-state index contributed by atoms with van der Waals surface area (Å²) >= 11 is 3.51. The lowest BCUT2D eigenvalue weighted by atomic mass is 9.90. The standard InChI is InChI=1S/C20H23BrO2/c21-18-11-12-19(22-14-16-7-3-1-4-8-16)20(13-18)23-15-17-9-5-2-6-10-17/h2,5-6,9-13,16H,1,3-4,7-8,14-15H2. The SMILES string of the molecule is Brc1ccc(OCC2CCCCC2)c(OCc2ccccc2)c1. The Kier molecular flexibility index (Phi) is 5.98. The van der Waals surface area contributed by atoms with Gasteiger partial charge < -0.3 is 9.47 Å². The summed E-state index contributed by atoms with van der Waals surface area (Å²) in [6, 6.07) is 16.2. The second-order valence-corrected chi connectivity index (χ2v) is 7.10. The lowest BCUT2D eigenvalue weighted by Crippen LogP contribution is -2.15. The van der Waals surface area contributed by atoms with E-state index in [1.165, 1.54) is 32.1 Å². The molecule has 1 saturated carbocycles. The number of hydrogen-bond acceptors (Lipinski definition) is 2. The van der Waals surface area contributed by atoms with Crippen LogP contribution in [-0.2, 0) is 6.61 Å². The van der Waals surface area contributed by atoms with Gasteiger partial charge in [0, 0.05) is 4.47 Å². The van der Waals surface area contributed by atoms with Crippen LogP contribution >= 0.6 is 15.9 Å². The van der Waals surface area contributed by atoms with Gasteiger partial charge in [0.1, 0.15) is 6.61 Å². The Morgan fingerprint density at radius 3 is 2.43 bits per heavy atom. The van der Waals surface area contributed by atoms with E-state index in [0.717, 1.165) is 28.1 Å². The first-order chi connectivity index (χ1) is 11.3. The Balaban J connectivity index is 1.62. The zero-order valence-electron chi connectivity index (χ0n) is 13.3. The van der Waals surface area contributed by atoms with E-state index in [1.54, 1.807) is 0 Å². The fourth-order valence-electron chi connectivity index (χ4n) is 3.01. The summed E-state index contributed by atoms with van der Waals surface area (Å²) < 4.78 is 13.1. The van der Waals surface area contributed by atoms with Crippen LogP contribution in [0.5, 0.6) is 11.5 Å². The van der Waals surface area contributed by atoms with Crippen LogP contribution in [-0.4, -0.2) is 6.61 Å². The second-order valence-electron chi connectivity index (χ2n) is 6.18. The lowest BCUT2D eigenvalue weighted by molar-refractivity contribution is 0.196. The van der Waals surface area contributed by atoms with Crippen molar-refractivity contribution in [1.82, 2.24) is 0 Å². The summed E-state index contributed by atoms with van der Waals surface area (Å²) in [6.45, 7) is 1.35. The molecule has 0 amide bonds. The monoisotopic (exact) mass is 374 g/mol. The molecule has 1 aliphatic rings. The molecule has 1 aliphatic carbocycles. The summed E-state index contributed by atoms with van der Waals surface area (Å²) in [7, 11) is 0. The average molecular weight is 375 g/mol. The summed E-state index contributed by atoms with van der Waals surface area (Å²) in [6.07, 6.45) is 6.63. The van der Waals surface area contributed by atoms with Gasteiger partial charge in [-0.2, -0.15) is 0 Å². The van der Waals surface area contributed by atoms with Crippen LogP contribution < -0.4 is 9.47 Å². The van der Waals surface area contributed by atoms with Crippen molar-refractivity contribution in [1.29, 1.82) is 0 Å². The first kappa shape index (κ1) is 16.4. The third-order valence-corrected chi connectivity index (χ3v) is 4.84. The molecule has 23 heavy (non-hydrogen) atoms. The van der Waals surface area contributed by atoms with Crippen LogP contribution in [0, 0.1) is 5.92 Å². The van der Waals surface area contributed by atoms with E-state index in [1.807, 2.05) is 36.4 Å². The Labute approximate surface area is 146 Å². The molecule has 0 spiro atoms. The highest BCUT2D eigenvalue weighted by atomic mass is 79.9. The highest BCUT2D eigenvalue weighted by Gasteiger charge is 2.15. The van der Waals surface area contributed by atoms with Crippen molar-refractivity contribution < 1.29 is 9.47 Å². The highest BCUT2D eigenvalue weighted by Crippen LogP contribution is 2.33. The van der Waals surface area contributed by atoms with Gasteiger partial charge in [0.15, 0.2) is 11.5 Å². The van der Waals surface area contributed by atoms with Crippen molar-refractivity contribution in [3.8, 4) is 11.5 Å². The van der Waals surface area contributed by atoms with E-state index < -0.39 is 0 Å². The minimum Gasteiger partial charge on any atom is -0.489 e. The van der Waals surface area contributed by atoms with Gasteiger partial charge in [0.05, 0.1) is 6.61 Å². The van der Waals surface area contributed by atoms with Crippen molar-refractivity contribution in [2.24, 2.45) is 5.92 Å². The molecule has 3 rings (SSSR count). The summed E-state index contributed by atoms with van der Waals surface area (Å²) in [4.78, 5) is 0. The lowest BCUT2D eigenvalue weighted by Gasteiger charge is -2.22. The van der Waals surface area contributed by atoms with E-state index in [-0.39, 0.29) is 0 Å². The minimum absolute atomic E-state index is 0.553. The largest absolute Gasteiger partial charge is 0.489 e. The number of ether oxygens (including phenoxy) is 2. The molecule has 2 aromatic rings. The number of hydrogen-bond donors (Lipinski definition) is 0. The second kappa shape index (κ2) is 8.39. The van der Waals surface area contributed by atoms with E-state index >= 15 is 0 Å². The van der Waals surface area contributed by atoms with Crippen LogP contribution in [0.4, 0.5) is 0 Å². The molecule has 0 heterocycles. The number of benzene rings is 2. The molecule has 0 unspecified atom stereocenters. The maximum Gasteiger partial charge on any atom is 0.162 e. The van der Waals surface area contributed by atoms with E-state index in [0.29, 0.717) is 12.5 Å². The normalized spacial score (nSPS) is 15.3. The van der Waals surface area contributed by atoms with Crippen molar-refractivity contribution in [2.45, 2.75) is 38.7 Å². The van der Waals surface area contributed by atoms with Crippen LogP contribution in [0.15, 0.2) is 53.0 Å². The molecular formula is C20H23BrO2. The Morgan fingerprint density at radius 1 is 0.870 bits per heavy atom. The molecule has 0 N–H and O–H groups in total. The van der Waals surface area contributed by atoms with Crippen molar-refractivity contribution >= 4 is 15.9 Å². The van der Waals surface area contributed by atoms with Gasteiger partial charge in [0.25, 0.3) is 0 Å². The Bertz CT molecular complexity index is 606. The van der Waals surface area contributed by atoms with Gasteiger partial charge in [0.2, 0.25) is 0 Å². The first-order valence-corrected chi connectivity index (χ1v) is 9.19. The molecule has 0 atom stereocenters. The first-order valence-electron chi connectivity index (χ1n) is 8.40. The number of rotatable bonds is 6. The molecule has 0 bridgehead atoms. The predicted molar refractivity (Wildman–Crippen MR) is 97.0 cm³/mol. The molecule has 3 heteroatoms.